The molecule has 2 N–H and O–H groups in total. The number of likely N-dealkylation sites (N-methyl/N-ethyl adjacent to an activating group) is 1. The maximum absolute atomic E-state index is 12.7. The Morgan fingerprint density at radius 3 is 1.77 bits per heavy atom. The van der Waals surface area contributed by atoms with Crippen molar-refractivity contribution in [1.29, 1.82) is 0 Å². The molecule has 11 nitrogen and oxygen atoms in total. The Hall–Kier alpha value is -2.89. The highest BCUT2D eigenvalue weighted by Crippen LogP contribution is 2.38. The third-order valence-corrected chi connectivity index (χ3v) is 10.0. The summed E-state index contributed by atoms with van der Waals surface area (Å²) in [4.78, 5) is 37.6. The summed E-state index contributed by atoms with van der Waals surface area (Å²) in [5.41, 5.74) is 0. The van der Waals surface area contributed by atoms with E-state index in [1.54, 1.807) is 36.5 Å². The van der Waals surface area contributed by atoms with Crippen molar-refractivity contribution in [2.75, 3.05) is 47.5 Å². The number of quaternary nitrogens is 1. The van der Waals surface area contributed by atoms with Gasteiger partial charge in [-0.1, -0.05) is 137 Å². The largest absolute Gasteiger partial charge is 0.756 e. The highest BCUT2D eigenvalue weighted by atomic mass is 31.2. The number of allylic oxidation sites excluding steroid dienone is 11. The van der Waals surface area contributed by atoms with Crippen LogP contribution in [-0.4, -0.2) is 92.5 Å². The maximum Gasteiger partial charge on any atom is 0.306 e. The van der Waals surface area contributed by atoms with Gasteiger partial charge in [0, 0.05) is 12.8 Å². The minimum atomic E-state index is -4.70. The van der Waals surface area contributed by atoms with E-state index in [4.69, 9.17) is 18.5 Å². The van der Waals surface area contributed by atoms with Gasteiger partial charge in [-0.2, -0.15) is 0 Å². The number of hydrogen-bond donors (Lipinski definition) is 2. The van der Waals surface area contributed by atoms with E-state index in [2.05, 4.69) is 56.4 Å². The number of unbranched alkanes of at least 4 members (excludes halogenated alkanes) is 10. The number of carbonyl (C=O) groups is 2. The molecule has 0 aliphatic rings. The van der Waals surface area contributed by atoms with Gasteiger partial charge in [-0.15, -0.1) is 0 Å². The van der Waals surface area contributed by atoms with Gasteiger partial charge in [-0.05, 0) is 77.0 Å². The van der Waals surface area contributed by atoms with Gasteiger partial charge < -0.3 is 38.1 Å². The van der Waals surface area contributed by atoms with Gasteiger partial charge in [0.05, 0.1) is 40.0 Å². The molecule has 344 valence electrons. The summed E-state index contributed by atoms with van der Waals surface area (Å²) >= 11 is 0. The number of aliphatic hydroxyl groups is 2. The molecule has 0 aromatic heterocycles. The summed E-state index contributed by atoms with van der Waals surface area (Å²) in [5.74, 6) is -1.11. The van der Waals surface area contributed by atoms with Crippen LogP contribution in [-0.2, 0) is 32.7 Å². The lowest BCUT2D eigenvalue weighted by Crippen LogP contribution is -2.37. The van der Waals surface area contributed by atoms with E-state index >= 15 is 0 Å². The molecular formula is C48H82NO10P. The molecule has 0 aromatic carbocycles. The number of ether oxygens (including phenoxy) is 2. The molecule has 0 aliphatic carbocycles. The third-order valence-electron chi connectivity index (χ3n) is 9.08. The van der Waals surface area contributed by atoms with Crippen molar-refractivity contribution < 1.29 is 52.3 Å². The van der Waals surface area contributed by atoms with Gasteiger partial charge in [-0.25, -0.2) is 0 Å². The van der Waals surface area contributed by atoms with Crippen molar-refractivity contribution in [3.8, 4) is 0 Å². The Morgan fingerprint density at radius 1 is 0.633 bits per heavy atom. The van der Waals surface area contributed by atoms with Crippen LogP contribution in [0.3, 0.4) is 0 Å². The minimum Gasteiger partial charge on any atom is -0.756 e. The van der Waals surface area contributed by atoms with Crippen LogP contribution >= 0.6 is 7.82 Å². The fraction of sp³-hybridized carbons (Fsp3) is 0.667. The second-order valence-corrected chi connectivity index (χ2v) is 17.5. The Balaban J connectivity index is 4.66. The Kier molecular flexibility index (Phi) is 37.1. The van der Waals surface area contributed by atoms with Crippen LogP contribution in [0.2, 0.25) is 0 Å². The summed E-state index contributed by atoms with van der Waals surface area (Å²) in [6, 6.07) is 0. The highest BCUT2D eigenvalue weighted by Gasteiger charge is 2.22. The normalized spacial score (nSPS) is 15.4. The molecule has 4 atom stereocenters. The summed E-state index contributed by atoms with van der Waals surface area (Å²) in [5, 5.41) is 20.3. The molecule has 0 radical (unpaired) electrons. The molecule has 0 fully saturated rings. The topological polar surface area (TPSA) is 152 Å². The van der Waals surface area contributed by atoms with Crippen LogP contribution in [0.4, 0.5) is 0 Å². The number of rotatable bonds is 39. The zero-order chi connectivity index (χ0) is 44.6. The van der Waals surface area contributed by atoms with Crippen molar-refractivity contribution in [2.45, 2.75) is 161 Å². The van der Waals surface area contributed by atoms with Crippen molar-refractivity contribution in [1.82, 2.24) is 0 Å². The Morgan fingerprint density at radius 2 is 1.17 bits per heavy atom. The van der Waals surface area contributed by atoms with Crippen LogP contribution in [0.5, 0.6) is 0 Å². The molecular weight excluding hydrogens is 781 g/mol. The van der Waals surface area contributed by atoms with E-state index in [0.29, 0.717) is 36.7 Å². The van der Waals surface area contributed by atoms with Gasteiger partial charge in [-0.3, -0.25) is 14.2 Å². The molecule has 1 unspecified atom stereocenters. The fourth-order valence-corrected chi connectivity index (χ4v) is 6.17. The zero-order valence-electron chi connectivity index (χ0n) is 37.8. The minimum absolute atomic E-state index is 0.00684. The molecule has 0 amide bonds. The molecule has 0 saturated carbocycles. The average Bonchev–Trinajstić information content (AvgIpc) is 3.19. The maximum atomic E-state index is 12.7. The predicted octanol–water partition coefficient (Wildman–Crippen LogP) is 10.1. The van der Waals surface area contributed by atoms with Gasteiger partial charge in [0.2, 0.25) is 0 Å². The molecule has 0 bridgehead atoms. The van der Waals surface area contributed by atoms with Crippen molar-refractivity contribution in [3.05, 3.63) is 85.1 Å². The lowest BCUT2D eigenvalue weighted by molar-refractivity contribution is -0.870. The first-order valence-corrected chi connectivity index (χ1v) is 24.0. The number of esters is 2. The van der Waals surface area contributed by atoms with Gasteiger partial charge in [0.1, 0.15) is 19.8 Å². The van der Waals surface area contributed by atoms with E-state index in [1.165, 1.54) is 38.5 Å². The van der Waals surface area contributed by atoms with Crippen LogP contribution in [0, 0.1) is 0 Å². The zero-order valence-corrected chi connectivity index (χ0v) is 38.7. The standard InChI is InChI=1S/C48H82NO10P/c1-6-8-10-12-14-15-16-17-18-19-20-21-22-23-24-26-32-38-48(53)59-46(43-58-60(54,55)57-41-40-49(3,4)5)42-56-47(52)39-33-37-45(51)36-31-28-27-30-35-44(50)34-29-25-13-11-9-7-2/h14-15,17-18,20-21,25,27-31,35-36,44-46,50-51H,6-13,16,19,22-24,26,32-34,37-43H2,1-5H3/b15-14-,18-17-,21-20-,28-27+,29-25-,35-30+,36-31-/t44-,45-,46-/m1/s1. The number of carbonyl (C=O) groups excluding carboxylic acids is 2. The smallest absolute Gasteiger partial charge is 0.306 e. The monoisotopic (exact) mass is 864 g/mol. The van der Waals surface area contributed by atoms with Crippen molar-refractivity contribution >= 4 is 19.8 Å². The summed E-state index contributed by atoms with van der Waals surface area (Å²) in [6.07, 6.45) is 42.4. The third kappa shape index (κ3) is 41.8. The lowest BCUT2D eigenvalue weighted by Gasteiger charge is -2.28. The quantitative estimate of drug-likeness (QED) is 0.0153. The lowest BCUT2D eigenvalue weighted by atomic mass is 10.1. The van der Waals surface area contributed by atoms with Gasteiger partial charge in [0.25, 0.3) is 7.82 Å². The molecule has 0 saturated heterocycles. The first-order chi connectivity index (χ1) is 28.8. The number of hydrogen-bond acceptors (Lipinski definition) is 10. The van der Waals surface area contributed by atoms with E-state index < -0.39 is 44.7 Å². The predicted molar refractivity (Wildman–Crippen MR) is 243 cm³/mol. The highest BCUT2D eigenvalue weighted by molar-refractivity contribution is 7.45. The first-order valence-electron chi connectivity index (χ1n) is 22.5. The van der Waals surface area contributed by atoms with E-state index in [0.717, 1.165) is 51.4 Å². The van der Waals surface area contributed by atoms with Gasteiger partial charge in [0.15, 0.2) is 6.10 Å². The number of aliphatic hydroxyl groups excluding tert-OH is 2. The van der Waals surface area contributed by atoms with E-state index in [9.17, 15) is 29.3 Å². The molecule has 0 heterocycles. The van der Waals surface area contributed by atoms with Gasteiger partial charge >= 0.3 is 11.9 Å². The molecule has 0 aliphatic heterocycles. The fourth-order valence-electron chi connectivity index (χ4n) is 5.44. The van der Waals surface area contributed by atoms with Crippen LogP contribution in [0.25, 0.3) is 0 Å². The van der Waals surface area contributed by atoms with E-state index in [-0.39, 0.29) is 26.1 Å². The molecule has 0 rings (SSSR count). The number of phosphoric ester groups is 1. The summed E-state index contributed by atoms with van der Waals surface area (Å²) < 4.78 is 33.7. The van der Waals surface area contributed by atoms with Crippen LogP contribution in [0.15, 0.2) is 85.1 Å². The number of phosphoric acid groups is 1. The Labute approximate surface area is 364 Å². The molecule has 0 aromatic rings. The van der Waals surface area contributed by atoms with E-state index in [1.807, 2.05) is 27.2 Å². The summed E-state index contributed by atoms with van der Waals surface area (Å²) in [6.45, 7) is 3.80. The first kappa shape index (κ1) is 57.1. The molecule has 60 heavy (non-hydrogen) atoms. The summed E-state index contributed by atoms with van der Waals surface area (Å²) in [7, 11) is 0.999. The van der Waals surface area contributed by atoms with Crippen LogP contribution in [0.1, 0.15) is 142 Å². The average molecular weight is 864 g/mol. The van der Waals surface area contributed by atoms with Crippen molar-refractivity contribution in [2.24, 2.45) is 0 Å². The number of nitrogens with zero attached hydrogens (tertiary/aromatic N) is 1. The second kappa shape index (κ2) is 39.0. The Bertz CT molecular complexity index is 1330. The SMILES string of the molecule is CCCCC/C=C\C/C=C\C/C=C\CCCCCCC(=O)O[C@H](COC(=O)CCC[C@H](O)\C=C/C=C/C=C/[C@H](O)C/C=C\CCCCC)COP(=O)([O-])OCC[N+](C)(C)C. The molecule has 0 spiro atoms. The van der Waals surface area contributed by atoms with Crippen molar-refractivity contribution in [3.63, 3.8) is 0 Å². The molecule has 12 heteroatoms. The van der Waals surface area contributed by atoms with Crippen LogP contribution < -0.4 is 4.89 Å². The second-order valence-electron chi connectivity index (χ2n) is 16.1.